The van der Waals surface area contributed by atoms with E-state index in [1.54, 1.807) is 0 Å². The summed E-state index contributed by atoms with van der Waals surface area (Å²) in [6, 6.07) is 15.2. The average molecular weight is 430 g/mol. The van der Waals surface area contributed by atoms with Crippen LogP contribution in [0.4, 0.5) is 0 Å². The highest BCUT2D eigenvalue weighted by molar-refractivity contribution is 5.94. The number of ether oxygens (including phenoxy) is 2. The van der Waals surface area contributed by atoms with Crippen LogP contribution in [0, 0.1) is 13.8 Å². The molecule has 1 aliphatic rings. The van der Waals surface area contributed by atoms with Gasteiger partial charge in [-0.05, 0) is 56.3 Å². The van der Waals surface area contributed by atoms with Gasteiger partial charge in [-0.25, -0.2) is 0 Å². The molecule has 2 aromatic heterocycles. The molecule has 162 valence electrons. The lowest BCUT2D eigenvalue weighted by Gasteiger charge is -2.09. The van der Waals surface area contributed by atoms with Crippen LogP contribution in [0.3, 0.4) is 0 Å². The molecule has 3 heterocycles. The van der Waals surface area contributed by atoms with Crippen molar-refractivity contribution in [2.24, 2.45) is 0 Å². The van der Waals surface area contributed by atoms with Gasteiger partial charge in [-0.3, -0.25) is 4.79 Å². The van der Waals surface area contributed by atoms with Gasteiger partial charge in [0.1, 0.15) is 5.69 Å². The molecule has 1 N–H and O–H groups in total. The Morgan fingerprint density at radius 1 is 1.06 bits per heavy atom. The first-order valence-corrected chi connectivity index (χ1v) is 10.3. The molecule has 1 aliphatic heterocycles. The van der Waals surface area contributed by atoms with Gasteiger partial charge in [-0.1, -0.05) is 22.3 Å². The summed E-state index contributed by atoms with van der Waals surface area (Å²) in [6.07, 6.45) is 1.92. The Hall–Kier alpha value is -4.07. The van der Waals surface area contributed by atoms with Crippen molar-refractivity contribution in [1.82, 2.24) is 20.0 Å². The van der Waals surface area contributed by atoms with Crippen molar-refractivity contribution in [2.75, 3.05) is 13.3 Å². The lowest BCUT2D eigenvalue weighted by molar-refractivity contribution is 0.0952. The van der Waals surface area contributed by atoms with Crippen molar-refractivity contribution in [2.45, 2.75) is 20.4 Å². The van der Waals surface area contributed by atoms with Crippen molar-refractivity contribution < 1.29 is 18.8 Å². The number of benzene rings is 2. The summed E-state index contributed by atoms with van der Waals surface area (Å²) in [7, 11) is 0. The Kier molecular flexibility index (Phi) is 5.10. The highest BCUT2D eigenvalue weighted by atomic mass is 16.7. The Morgan fingerprint density at radius 3 is 2.72 bits per heavy atom. The van der Waals surface area contributed by atoms with E-state index in [4.69, 9.17) is 14.0 Å². The van der Waals surface area contributed by atoms with Crippen molar-refractivity contribution in [3.05, 3.63) is 71.4 Å². The molecule has 0 atom stereocenters. The molecule has 5 rings (SSSR count). The third-order valence-electron chi connectivity index (χ3n) is 5.23. The zero-order chi connectivity index (χ0) is 22.1. The molecule has 0 saturated carbocycles. The van der Waals surface area contributed by atoms with Crippen LogP contribution in [-0.2, 0) is 6.54 Å². The van der Waals surface area contributed by atoms with Crippen LogP contribution in [0.25, 0.3) is 23.0 Å². The van der Waals surface area contributed by atoms with Crippen LogP contribution in [0.5, 0.6) is 11.5 Å². The van der Waals surface area contributed by atoms with Gasteiger partial charge in [0, 0.05) is 30.4 Å². The number of nitrogens with zero attached hydrogens (tertiary/aromatic N) is 3. The lowest BCUT2D eigenvalue weighted by Crippen LogP contribution is -2.27. The van der Waals surface area contributed by atoms with E-state index in [0.717, 1.165) is 22.4 Å². The number of hydrogen-bond acceptors (Lipinski definition) is 6. The number of aromatic nitrogens is 3. The molecule has 0 radical (unpaired) electrons. The Morgan fingerprint density at radius 2 is 1.88 bits per heavy atom. The van der Waals surface area contributed by atoms with E-state index in [9.17, 15) is 4.79 Å². The highest BCUT2D eigenvalue weighted by Gasteiger charge is 2.18. The minimum atomic E-state index is -0.0895. The second-order valence-corrected chi connectivity index (χ2v) is 7.71. The smallest absolute Gasteiger partial charge is 0.274 e. The van der Waals surface area contributed by atoms with E-state index in [1.165, 1.54) is 0 Å². The normalized spacial score (nSPS) is 12.2. The summed E-state index contributed by atoms with van der Waals surface area (Å²) in [5, 5.41) is 7.08. The number of hydrogen-bond donors (Lipinski definition) is 1. The molecule has 0 aliphatic carbocycles. The fourth-order valence-electron chi connectivity index (χ4n) is 3.78. The van der Waals surface area contributed by atoms with Gasteiger partial charge in [-0.15, -0.1) is 0 Å². The number of amides is 1. The number of fused-ring (bicyclic) bond motifs is 1. The third kappa shape index (κ3) is 3.94. The van der Waals surface area contributed by atoms with Crippen molar-refractivity contribution in [1.29, 1.82) is 0 Å². The fourth-order valence-corrected chi connectivity index (χ4v) is 3.78. The molecule has 4 aromatic rings. The van der Waals surface area contributed by atoms with Gasteiger partial charge in [0.2, 0.25) is 12.6 Å². The molecule has 0 bridgehead atoms. The van der Waals surface area contributed by atoms with E-state index >= 15 is 0 Å². The second-order valence-electron chi connectivity index (χ2n) is 7.71. The van der Waals surface area contributed by atoms with Crippen LogP contribution >= 0.6 is 0 Å². The summed E-state index contributed by atoms with van der Waals surface area (Å²) >= 11 is 0. The van der Waals surface area contributed by atoms with Crippen LogP contribution < -0.4 is 14.8 Å². The van der Waals surface area contributed by atoms with Crippen molar-refractivity contribution in [3.63, 3.8) is 0 Å². The molecule has 32 heavy (non-hydrogen) atoms. The molecule has 0 fully saturated rings. The lowest BCUT2D eigenvalue weighted by atomic mass is 10.1. The molecule has 0 unspecified atom stereocenters. The molecule has 8 nitrogen and oxygen atoms in total. The molecule has 8 heteroatoms. The third-order valence-corrected chi connectivity index (χ3v) is 5.23. The molecule has 1 amide bonds. The second kappa shape index (κ2) is 8.22. The van der Waals surface area contributed by atoms with Crippen LogP contribution in [0.1, 0.15) is 21.5 Å². The minimum Gasteiger partial charge on any atom is -0.454 e. The standard InChI is InChI=1S/C24H22N4O4/c1-15-10-16(2)12-18(11-15)23(29)25-7-9-28-8-3-4-19(28)24-26-22(27-32-24)17-5-6-20-21(13-17)31-14-30-20/h3-6,8,10-13H,7,9,14H2,1-2H3,(H,25,29). The van der Waals surface area contributed by atoms with Gasteiger partial charge in [0.15, 0.2) is 11.5 Å². The Labute approximate surface area is 184 Å². The quantitative estimate of drug-likeness (QED) is 0.498. The summed E-state index contributed by atoms with van der Waals surface area (Å²) in [4.78, 5) is 17.0. The largest absolute Gasteiger partial charge is 0.454 e. The average Bonchev–Trinajstić information content (AvgIpc) is 3.52. The van der Waals surface area contributed by atoms with E-state index in [2.05, 4.69) is 15.5 Å². The number of carbonyl (C=O) groups is 1. The zero-order valence-electron chi connectivity index (χ0n) is 17.8. The first kappa shape index (κ1) is 19.9. The van der Waals surface area contributed by atoms with Gasteiger partial charge in [-0.2, -0.15) is 4.98 Å². The SMILES string of the molecule is Cc1cc(C)cc(C(=O)NCCn2cccc2-c2nc(-c3ccc4c(c3)OCO4)no2)c1. The first-order chi connectivity index (χ1) is 15.6. The van der Waals surface area contributed by atoms with Crippen molar-refractivity contribution in [3.8, 4) is 34.5 Å². The minimum absolute atomic E-state index is 0.0895. The number of carbonyl (C=O) groups excluding carboxylic acids is 1. The number of rotatable bonds is 6. The van der Waals surface area contributed by atoms with E-state index in [1.807, 2.05) is 73.1 Å². The predicted molar refractivity (Wildman–Crippen MR) is 118 cm³/mol. The summed E-state index contributed by atoms with van der Waals surface area (Å²) in [5.74, 6) is 2.15. The topological polar surface area (TPSA) is 91.4 Å². The monoisotopic (exact) mass is 430 g/mol. The summed E-state index contributed by atoms with van der Waals surface area (Å²) in [6.45, 7) is 5.22. The Bertz CT molecular complexity index is 1270. The molecular weight excluding hydrogens is 408 g/mol. The number of aryl methyl sites for hydroxylation is 2. The van der Waals surface area contributed by atoms with Crippen LogP contribution in [0.15, 0.2) is 59.3 Å². The first-order valence-electron chi connectivity index (χ1n) is 10.3. The van der Waals surface area contributed by atoms with E-state index in [-0.39, 0.29) is 12.7 Å². The van der Waals surface area contributed by atoms with Crippen LogP contribution in [0.2, 0.25) is 0 Å². The molecule has 0 saturated heterocycles. The predicted octanol–water partition coefficient (Wildman–Crippen LogP) is 3.98. The maximum atomic E-state index is 12.5. The van der Waals surface area contributed by atoms with Crippen molar-refractivity contribution >= 4 is 5.91 Å². The van der Waals surface area contributed by atoms with E-state index < -0.39 is 0 Å². The summed E-state index contributed by atoms with van der Waals surface area (Å²) in [5.41, 5.74) is 4.36. The number of nitrogens with one attached hydrogen (secondary N) is 1. The maximum absolute atomic E-state index is 12.5. The maximum Gasteiger partial charge on any atom is 0.274 e. The van der Waals surface area contributed by atoms with Gasteiger partial charge in [0.05, 0.1) is 0 Å². The zero-order valence-corrected chi connectivity index (χ0v) is 17.8. The Balaban J connectivity index is 1.27. The van der Waals surface area contributed by atoms with Gasteiger partial charge in [0.25, 0.3) is 11.8 Å². The van der Waals surface area contributed by atoms with E-state index in [0.29, 0.717) is 41.9 Å². The van der Waals surface area contributed by atoms with Gasteiger partial charge >= 0.3 is 0 Å². The highest BCUT2D eigenvalue weighted by Crippen LogP contribution is 2.35. The van der Waals surface area contributed by atoms with Gasteiger partial charge < -0.3 is 23.9 Å². The molecular formula is C24H22N4O4. The van der Waals surface area contributed by atoms with Crippen LogP contribution in [-0.4, -0.2) is 34.0 Å². The fraction of sp³-hybridized carbons (Fsp3) is 0.208. The molecule has 0 spiro atoms. The molecule has 2 aromatic carbocycles. The summed E-state index contributed by atoms with van der Waals surface area (Å²) < 4.78 is 18.2.